The largest absolute Gasteiger partial charge is 0.339 e. The third kappa shape index (κ3) is 5.09. The first kappa shape index (κ1) is 23.0. The second-order valence-electron chi connectivity index (χ2n) is 9.01. The summed E-state index contributed by atoms with van der Waals surface area (Å²) in [7, 11) is 0. The molecule has 0 unspecified atom stereocenters. The average Bonchev–Trinajstić information content (AvgIpc) is 2.80. The number of allylic oxidation sites excluding steroid dienone is 3. The Bertz CT molecular complexity index is 1060. The van der Waals surface area contributed by atoms with Gasteiger partial charge in [-0.05, 0) is 67.0 Å². The monoisotopic (exact) mass is 443 g/mol. The summed E-state index contributed by atoms with van der Waals surface area (Å²) in [6.07, 6.45) is 5.85. The van der Waals surface area contributed by atoms with E-state index in [4.69, 9.17) is 0 Å². The van der Waals surface area contributed by atoms with Gasteiger partial charge in [0.2, 0.25) is 5.91 Å². The molecule has 5 nitrogen and oxygen atoms in total. The van der Waals surface area contributed by atoms with Crippen molar-refractivity contribution < 1.29 is 9.59 Å². The highest BCUT2D eigenvalue weighted by Gasteiger charge is 2.27. The van der Waals surface area contributed by atoms with Crippen molar-refractivity contribution in [3.05, 3.63) is 83.4 Å². The van der Waals surface area contributed by atoms with Crippen molar-refractivity contribution in [3.8, 4) is 0 Å². The molecule has 2 aliphatic heterocycles. The number of benzene rings is 2. The van der Waals surface area contributed by atoms with Gasteiger partial charge in [-0.15, -0.1) is 0 Å². The highest BCUT2D eigenvalue weighted by Crippen LogP contribution is 2.30. The smallest absolute Gasteiger partial charge is 0.253 e. The van der Waals surface area contributed by atoms with Crippen molar-refractivity contribution in [2.45, 2.75) is 32.6 Å². The van der Waals surface area contributed by atoms with Gasteiger partial charge < -0.3 is 15.5 Å². The van der Waals surface area contributed by atoms with E-state index < -0.39 is 0 Å². The number of piperidine rings is 1. The number of anilines is 1. The first-order chi connectivity index (χ1) is 16.0. The number of hydrogen-bond donors (Lipinski definition) is 2. The van der Waals surface area contributed by atoms with Gasteiger partial charge in [-0.1, -0.05) is 49.1 Å². The van der Waals surface area contributed by atoms with Gasteiger partial charge in [0.15, 0.2) is 0 Å². The van der Waals surface area contributed by atoms with Crippen molar-refractivity contribution >= 4 is 23.1 Å². The van der Waals surface area contributed by atoms with Crippen LogP contribution in [-0.2, 0) is 4.79 Å². The number of nitrogens with zero attached hydrogens (tertiary/aromatic N) is 1. The number of likely N-dealkylation sites (tertiary alicyclic amines) is 1. The third-order valence-electron chi connectivity index (χ3n) is 6.92. The third-order valence-corrected chi connectivity index (χ3v) is 6.92. The number of rotatable bonds is 6. The molecule has 0 saturated carbocycles. The van der Waals surface area contributed by atoms with E-state index in [9.17, 15) is 9.59 Å². The number of amides is 2. The van der Waals surface area contributed by atoms with Crippen LogP contribution in [0, 0.1) is 12.8 Å². The normalized spacial score (nSPS) is 17.4. The van der Waals surface area contributed by atoms with Gasteiger partial charge >= 0.3 is 0 Å². The maximum atomic E-state index is 13.2. The molecule has 0 aromatic heterocycles. The van der Waals surface area contributed by atoms with E-state index in [1.165, 1.54) is 11.1 Å². The van der Waals surface area contributed by atoms with Crippen LogP contribution in [0.4, 0.5) is 5.69 Å². The fraction of sp³-hybridized carbons (Fsp3) is 0.357. The van der Waals surface area contributed by atoms with Crippen LogP contribution < -0.4 is 10.6 Å². The summed E-state index contributed by atoms with van der Waals surface area (Å²) in [6.45, 7) is 10.8. The predicted molar refractivity (Wildman–Crippen MR) is 134 cm³/mol. The summed E-state index contributed by atoms with van der Waals surface area (Å²) in [5.41, 5.74) is 5.98. The molecule has 172 valence electrons. The predicted octanol–water partition coefficient (Wildman–Crippen LogP) is 4.76. The second kappa shape index (κ2) is 10.2. The molecular weight excluding hydrogens is 410 g/mol. The van der Waals surface area contributed by atoms with Gasteiger partial charge in [0, 0.05) is 37.4 Å². The minimum atomic E-state index is 0.0122. The molecule has 5 heteroatoms. The van der Waals surface area contributed by atoms with E-state index in [0.717, 1.165) is 42.8 Å². The number of carbonyl (C=O) groups is 2. The van der Waals surface area contributed by atoms with E-state index in [1.54, 1.807) is 0 Å². The van der Waals surface area contributed by atoms with E-state index in [0.29, 0.717) is 24.6 Å². The zero-order valence-corrected chi connectivity index (χ0v) is 19.6. The van der Waals surface area contributed by atoms with Crippen LogP contribution in [0.2, 0.25) is 0 Å². The Labute approximate surface area is 196 Å². The van der Waals surface area contributed by atoms with Crippen LogP contribution in [-0.4, -0.2) is 42.9 Å². The van der Waals surface area contributed by atoms with E-state index in [2.05, 4.69) is 47.6 Å². The van der Waals surface area contributed by atoms with Crippen LogP contribution in [0.5, 0.6) is 0 Å². The lowest BCUT2D eigenvalue weighted by Crippen LogP contribution is -2.48. The Kier molecular flexibility index (Phi) is 7.09. The topological polar surface area (TPSA) is 61.4 Å². The van der Waals surface area contributed by atoms with Crippen LogP contribution in [0.15, 0.2) is 61.2 Å². The van der Waals surface area contributed by atoms with E-state index in [-0.39, 0.29) is 17.7 Å². The molecule has 0 radical (unpaired) electrons. The van der Waals surface area contributed by atoms with Gasteiger partial charge in [-0.25, -0.2) is 0 Å². The van der Waals surface area contributed by atoms with Crippen molar-refractivity contribution in [1.29, 1.82) is 0 Å². The van der Waals surface area contributed by atoms with Gasteiger partial charge in [0.25, 0.3) is 5.91 Å². The number of nitrogens with one attached hydrogen (secondary N) is 2. The van der Waals surface area contributed by atoms with Crippen molar-refractivity contribution in [3.63, 3.8) is 0 Å². The number of aryl methyl sites for hydroxylation is 1. The van der Waals surface area contributed by atoms with E-state index in [1.807, 2.05) is 43.0 Å². The minimum Gasteiger partial charge on any atom is -0.339 e. The van der Waals surface area contributed by atoms with Crippen molar-refractivity contribution in [1.82, 2.24) is 10.2 Å². The van der Waals surface area contributed by atoms with Gasteiger partial charge in [-0.3, -0.25) is 9.59 Å². The van der Waals surface area contributed by atoms with Crippen LogP contribution in [0.3, 0.4) is 0 Å². The Morgan fingerprint density at radius 2 is 1.73 bits per heavy atom. The zero-order valence-electron chi connectivity index (χ0n) is 19.6. The molecule has 2 aromatic rings. The molecule has 0 atom stereocenters. The zero-order chi connectivity index (χ0) is 23.4. The quantitative estimate of drug-likeness (QED) is 0.633. The molecule has 4 rings (SSSR count). The standard InChI is InChI=1S/C28H33N3O2/c1-4-20(5-2)21-8-10-22(11-9-21)23-12-14-31(15-13-23)28(33)24-7-6-19(3)26(16-24)30-27(32)25-17-29-18-25/h4-11,16,23,25,29H,1,12-15,17-18H2,2-3H3,(H,30,32)/b20-5+. The average molecular weight is 444 g/mol. The van der Waals surface area contributed by atoms with E-state index >= 15 is 0 Å². The maximum absolute atomic E-state index is 13.2. The van der Waals surface area contributed by atoms with Crippen LogP contribution in [0.1, 0.15) is 52.7 Å². The molecule has 2 fully saturated rings. The first-order valence-electron chi connectivity index (χ1n) is 11.8. The highest BCUT2D eigenvalue weighted by atomic mass is 16.2. The van der Waals surface area contributed by atoms with Crippen molar-refractivity contribution in [2.24, 2.45) is 5.92 Å². The summed E-state index contributed by atoms with van der Waals surface area (Å²) in [6, 6.07) is 14.3. The Morgan fingerprint density at radius 3 is 2.30 bits per heavy atom. The maximum Gasteiger partial charge on any atom is 0.253 e. The molecule has 2 saturated heterocycles. The molecule has 2 N–H and O–H groups in total. The second-order valence-corrected chi connectivity index (χ2v) is 9.01. The lowest BCUT2D eigenvalue weighted by atomic mass is 9.88. The highest BCUT2D eigenvalue weighted by molar-refractivity contribution is 5.98. The Morgan fingerprint density at radius 1 is 1.06 bits per heavy atom. The van der Waals surface area contributed by atoms with Crippen LogP contribution >= 0.6 is 0 Å². The number of hydrogen-bond acceptors (Lipinski definition) is 3. The summed E-state index contributed by atoms with van der Waals surface area (Å²) < 4.78 is 0. The molecule has 0 aliphatic carbocycles. The SMILES string of the molecule is C=C/C(=C\C)c1ccc(C2CCN(C(=O)c3ccc(C)c(NC(=O)C4CNC4)c3)CC2)cc1. The molecule has 0 bridgehead atoms. The molecule has 2 amide bonds. The Hall–Kier alpha value is -3.18. The molecule has 2 heterocycles. The number of carbonyl (C=O) groups excluding carboxylic acids is 2. The Balaban J connectivity index is 1.37. The molecule has 2 aliphatic rings. The van der Waals surface area contributed by atoms with Crippen molar-refractivity contribution in [2.75, 3.05) is 31.5 Å². The summed E-state index contributed by atoms with van der Waals surface area (Å²) in [5, 5.41) is 6.12. The lowest BCUT2D eigenvalue weighted by Gasteiger charge is -2.32. The van der Waals surface area contributed by atoms with Crippen LogP contribution in [0.25, 0.3) is 5.57 Å². The fourth-order valence-corrected chi connectivity index (χ4v) is 4.55. The van der Waals surface area contributed by atoms with Gasteiger partial charge in [0.1, 0.15) is 0 Å². The molecule has 0 spiro atoms. The molecule has 33 heavy (non-hydrogen) atoms. The minimum absolute atomic E-state index is 0.0122. The van der Waals surface area contributed by atoms with Gasteiger partial charge in [0.05, 0.1) is 5.92 Å². The summed E-state index contributed by atoms with van der Waals surface area (Å²) >= 11 is 0. The summed E-state index contributed by atoms with van der Waals surface area (Å²) in [4.78, 5) is 27.4. The first-order valence-corrected chi connectivity index (χ1v) is 11.8. The molecular formula is C28H33N3O2. The summed E-state index contributed by atoms with van der Waals surface area (Å²) in [5.74, 6) is 0.527. The lowest BCUT2D eigenvalue weighted by molar-refractivity contribution is -0.121. The molecule has 2 aromatic carbocycles. The fourth-order valence-electron chi connectivity index (χ4n) is 4.55. The van der Waals surface area contributed by atoms with Gasteiger partial charge in [-0.2, -0.15) is 0 Å².